The van der Waals surface area contributed by atoms with Crippen LogP contribution in [0.1, 0.15) is 35.2 Å². The van der Waals surface area contributed by atoms with Crippen molar-refractivity contribution in [3.05, 3.63) is 29.3 Å². The lowest BCUT2D eigenvalue weighted by Crippen LogP contribution is -2.34. The molecular formula is C16H20ClNO4. The topological polar surface area (TPSA) is 64.6 Å². The van der Waals surface area contributed by atoms with Gasteiger partial charge in [0.2, 0.25) is 5.91 Å². The Morgan fingerprint density at radius 2 is 2.23 bits per heavy atom. The van der Waals surface area contributed by atoms with E-state index in [1.165, 1.54) is 7.11 Å². The van der Waals surface area contributed by atoms with Gasteiger partial charge in [-0.25, -0.2) is 4.79 Å². The van der Waals surface area contributed by atoms with Crippen LogP contribution in [-0.4, -0.2) is 37.5 Å². The molecule has 1 unspecified atom stereocenters. The molecule has 1 aliphatic heterocycles. The highest BCUT2D eigenvalue weighted by Gasteiger charge is 2.24. The number of halogens is 1. The maximum absolute atomic E-state index is 11.7. The van der Waals surface area contributed by atoms with E-state index < -0.39 is 0 Å². The highest BCUT2D eigenvalue weighted by Crippen LogP contribution is 2.29. The number of amides is 1. The van der Waals surface area contributed by atoms with E-state index in [4.69, 9.17) is 21.1 Å². The summed E-state index contributed by atoms with van der Waals surface area (Å²) in [7, 11) is 1.36. The molecule has 5 nitrogen and oxygen atoms in total. The lowest BCUT2D eigenvalue weighted by molar-refractivity contribution is -0.121. The zero-order chi connectivity index (χ0) is 15.9. The molecule has 6 heteroatoms. The van der Waals surface area contributed by atoms with E-state index >= 15 is 0 Å². The number of methoxy groups -OCH3 is 1. The van der Waals surface area contributed by atoms with Gasteiger partial charge in [0.15, 0.2) is 0 Å². The molecule has 1 aromatic rings. The highest BCUT2D eigenvalue weighted by molar-refractivity contribution is 6.17. The van der Waals surface area contributed by atoms with Crippen LogP contribution in [0.3, 0.4) is 0 Å². The lowest BCUT2D eigenvalue weighted by atomic mass is 10.1. The van der Waals surface area contributed by atoms with Crippen LogP contribution in [0.2, 0.25) is 0 Å². The van der Waals surface area contributed by atoms with Crippen LogP contribution in [0.15, 0.2) is 18.2 Å². The van der Waals surface area contributed by atoms with E-state index in [9.17, 15) is 9.59 Å². The van der Waals surface area contributed by atoms with Crippen LogP contribution in [0.4, 0.5) is 0 Å². The molecule has 0 aromatic heterocycles. The molecule has 1 aromatic carbocycles. The fraction of sp³-hybridized carbons (Fsp3) is 0.500. The van der Waals surface area contributed by atoms with Gasteiger partial charge in [0.25, 0.3) is 0 Å². The minimum absolute atomic E-state index is 0.0138. The molecule has 2 rings (SSSR count). The Morgan fingerprint density at radius 1 is 1.41 bits per heavy atom. The molecular weight excluding hydrogens is 306 g/mol. The molecule has 120 valence electrons. The van der Waals surface area contributed by atoms with Gasteiger partial charge in [-0.2, -0.15) is 0 Å². The van der Waals surface area contributed by atoms with Crippen LogP contribution in [0.25, 0.3) is 0 Å². The van der Waals surface area contributed by atoms with Crippen LogP contribution in [0, 0.1) is 0 Å². The average Bonchev–Trinajstić information content (AvgIpc) is 2.94. The minimum Gasteiger partial charge on any atom is -0.488 e. The molecule has 0 aliphatic carbocycles. The summed E-state index contributed by atoms with van der Waals surface area (Å²) in [4.78, 5) is 23.2. The summed E-state index contributed by atoms with van der Waals surface area (Å²) in [6.07, 6.45) is 2.70. The predicted molar refractivity (Wildman–Crippen MR) is 83.5 cm³/mol. The number of esters is 1. The molecule has 1 aliphatic rings. The second-order valence-corrected chi connectivity index (χ2v) is 5.59. The van der Waals surface area contributed by atoms with Crippen molar-refractivity contribution in [3.63, 3.8) is 0 Å². The van der Waals surface area contributed by atoms with Crippen molar-refractivity contribution in [2.45, 2.75) is 31.8 Å². The van der Waals surface area contributed by atoms with Crippen LogP contribution < -0.4 is 10.1 Å². The second-order valence-electron chi connectivity index (χ2n) is 5.21. The molecule has 0 bridgehead atoms. The largest absolute Gasteiger partial charge is 0.488 e. The van der Waals surface area contributed by atoms with Crippen LogP contribution >= 0.6 is 11.6 Å². The first-order valence-corrected chi connectivity index (χ1v) is 7.88. The number of nitrogens with one attached hydrogen (secondary N) is 1. The van der Waals surface area contributed by atoms with Crippen molar-refractivity contribution in [3.8, 4) is 5.75 Å². The van der Waals surface area contributed by atoms with Gasteiger partial charge in [0, 0.05) is 18.7 Å². The summed E-state index contributed by atoms with van der Waals surface area (Å²) in [5.41, 5.74) is 1.47. The van der Waals surface area contributed by atoms with Gasteiger partial charge in [-0.05, 0) is 36.6 Å². The van der Waals surface area contributed by atoms with E-state index in [0.29, 0.717) is 30.8 Å². The average molecular weight is 326 g/mol. The second kappa shape index (κ2) is 8.03. The number of fused-ring (bicyclic) bond motifs is 1. The maximum Gasteiger partial charge on any atom is 0.337 e. The van der Waals surface area contributed by atoms with Gasteiger partial charge < -0.3 is 14.8 Å². The van der Waals surface area contributed by atoms with E-state index in [2.05, 4.69) is 5.32 Å². The van der Waals surface area contributed by atoms with Gasteiger partial charge >= 0.3 is 5.97 Å². The number of hydrogen-bond donors (Lipinski definition) is 1. The normalized spacial score (nSPS) is 15.8. The summed E-state index contributed by atoms with van der Waals surface area (Å²) in [6, 6.07) is 5.23. The number of alkyl halides is 1. The summed E-state index contributed by atoms with van der Waals surface area (Å²) in [5.74, 6) is 0.990. The van der Waals surface area contributed by atoms with Gasteiger partial charge in [0.05, 0.1) is 19.2 Å². The van der Waals surface area contributed by atoms with Crippen molar-refractivity contribution >= 4 is 23.5 Å². The maximum atomic E-state index is 11.7. The summed E-state index contributed by atoms with van der Waals surface area (Å²) >= 11 is 5.58. The minimum atomic E-state index is -0.362. The number of carbonyl (C=O) groups excluding carboxylic acids is 2. The van der Waals surface area contributed by atoms with E-state index in [1.54, 1.807) is 18.2 Å². The van der Waals surface area contributed by atoms with Crippen molar-refractivity contribution in [2.24, 2.45) is 0 Å². The van der Waals surface area contributed by atoms with Crippen molar-refractivity contribution < 1.29 is 19.1 Å². The standard InChI is InChI=1S/C16H20ClNO4/c1-21-16(20)11-5-6-14-12(8-11)9-13(22-14)10-18-15(19)4-2-3-7-17/h5-6,8,13H,2-4,7,9-10H2,1H3,(H,18,19). The third-order valence-corrected chi connectivity index (χ3v) is 3.80. The fourth-order valence-corrected chi connectivity index (χ4v) is 2.56. The van der Waals surface area contributed by atoms with Gasteiger partial charge in [-0.3, -0.25) is 4.79 Å². The highest BCUT2D eigenvalue weighted by atomic mass is 35.5. The number of rotatable bonds is 7. The van der Waals surface area contributed by atoms with Crippen molar-refractivity contribution in [1.82, 2.24) is 5.32 Å². The summed E-state index contributed by atoms with van der Waals surface area (Å²) < 4.78 is 10.5. The third-order valence-electron chi connectivity index (χ3n) is 3.54. The Labute approximate surface area is 134 Å². The number of carbonyl (C=O) groups is 2. The van der Waals surface area contributed by atoms with Crippen molar-refractivity contribution in [2.75, 3.05) is 19.5 Å². The summed E-state index contributed by atoms with van der Waals surface area (Å²) in [6.45, 7) is 0.460. The number of unbranched alkanes of at least 4 members (excludes halogenated alkanes) is 1. The molecule has 0 saturated heterocycles. The van der Waals surface area contributed by atoms with E-state index in [0.717, 1.165) is 24.2 Å². The Bertz CT molecular complexity index is 547. The van der Waals surface area contributed by atoms with Crippen LogP contribution in [0.5, 0.6) is 5.75 Å². The molecule has 1 N–H and O–H groups in total. The van der Waals surface area contributed by atoms with Gasteiger partial charge in [-0.1, -0.05) is 0 Å². The van der Waals surface area contributed by atoms with Crippen LogP contribution in [-0.2, 0) is 16.0 Å². The number of ether oxygens (including phenoxy) is 2. The SMILES string of the molecule is COC(=O)c1ccc2c(c1)CC(CNC(=O)CCCCCl)O2. The Balaban J connectivity index is 1.82. The first kappa shape index (κ1) is 16.6. The zero-order valence-corrected chi connectivity index (χ0v) is 13.3. The zero-order valence-electron chi connectivity index (χ0n) is 12.6. The first-order valence-electron chi connectivity index (χ1n) is 7.34. The third kappa shape index (κ3) is 4.37. The number of benzene rings is 1. The smallest absolute Gasteiger partial charge is 0.337 e. The molecule has 1 heterocycles. The Hall–Kier alpha value is -1.75. The number of hydrogen-bond acceptors (Lipinski definition) is 4. The van der Waals surface area contributed by atoms with Crippen molar-refractivity contribution in [1.29, 1.82) is 0 Å². The predicted octanol–water partition coefficient (Wildman–Crippen LogP) is 2.30. The Morgan fingerprint density at radius 3 is 2.95 bits per heavy atom. The monoisotopic (exact) mass is 325 g/mol. The molecule has 0 spiro atoms. The first-order chi connectivity index (χ1) is 10.6. The fourth-order valence-electron chi connectivity index (χ4n) is 2.38. The van der Waals surface area contributed by atoms with E-state index in [1.807, 2.05) is 0 Å². The Kier molecular flexibility index (Phi) is 6.07. The van der Waals surface area contributed by atoms with E-state index in [-0.39, 0.29) is 18.0 Å². The van der Waals surface area contributed by atoms with Gasteiger partial charge in [-0.15, -0.1) is 11.6 Å². The summed E-state index contributed by atoms with van der Waals surface area (Å²) in [5, 5.41) is 2.87. The molecule has 0 saturated carbocycles. The lowest BCUT2D eigenvalue weighted by Gasteiger charge is -2.11. The molecule has 22 heavy (non-hydrogen) atoms. The molecule has 1 amide bonds. The molecule has 0 radical (unpaired) electrons. The quantitative estimate of drug-likeness (QED) is 0.474. The van der Waals surface area contributed by atoms with Gasteiger partial charge in [0.1, 0.15) is 11.9 Å². The molecule has 1 atom stereocenters. The molecule has 0 fully saturated rings.